The molecule has 0 amide bonds. The Labute approximate surface area is 178 Å². The van der Waals surface area contributed by atoms with E-state index in [1.165, 1.54) is 16.7 Å². The number of aromatic nitrogens is 2. The van der Waals surface area contributed by atoms with Gasteiger partial charge >= 0.3 is 0 Å². The predicted octanol–water partition coefficient (Wildman–Crippen LogP) is 6.01. The van der Waals surface area contributed by atoms with Crippen LogP contribution in [0.2, 0.25) is 0 Å². The number of ether oxygens (including phenoxy) is 2. The summed E-state index contributed by atoms with van der Waals surface area (Å²) in [6, 6.07) is 22.6. The topological polar surface area (TPSA) is 36.3 Å². The zero-order valence-corrected chi connectivity index (χ0v) is 17.9. The lowest BCUT2D eigenvalue weighted by atomic mass is 10.1. The number of fused-ring (bicyclic) bond motifs is 1. The molecule has 4 heteroatoms. The molecule has 0 spiro atoms. The van der Waals surface area contributed by atoms with Crippen molar-refractivity contribution in [2.45, 2.75) is 40.3 Å². The average Bonchev–Trinajstić information content (AvgIpc) is 3.09. The van der Waals surface area contributed by atoms with E-state index < -0.39 is 0 Å². The van der Waals surface area contributed by atoms with E-state index in [0.29, 0.717) is 13.2 Å². The standard InChI is InChI=1S/C26H28N2O2/c1-19-9-6-12-22(17-19)30-18-25-27-23-13-4-5-14-24(23)28(25)15-8-16-29-26-20(2)10-7-11-21(26)3/h4-7,9-14,17H,8,15-16,18H2,1-3H3. The normalized spacial score (nSPS) is 11.0. The van der Waals surface area contributed by atoms with Crippen molar-refractivity contribution in [3.8, 4) is 11.5 Å². The van der Waals surface area contributed by atoms with Crippen LogP contribution in [0.25, 0.3) is 11.0 Å². The summed E-state index contributed by atoms with van der Waals surface area (Å²) in [5.74, 6) is 2.80. The lowest BCUT2D eigenvalue weighted by Gasteiger charge is -2.14. The molecule has 0 radical (unpaired) electrons. The van der Waals surface area contributed by atoms with Gasteiger partial charge in [0.25, 0.3) is 0 Å². The Morgan fingerprint density at radius 3 is 2.40 bits per heavy atom. The van der Waals surface area contributed by atoms with Crippen molar-refractivity contribution in [2.24, 2.45) is 0 Å². The average molecular weight is 401 g/mol. The van der Waals surface area contributed by atoms with Gasteiger partial charge in [0.15, 0.2) is 0 Å². The summed E-state index contributed by atoms with van der Waals surface area (Å²) < 4.78 is 14.4. The van der Waals surface area contributed by atoms with Gasteiger partial charge in [-0.05, 0) is 68.1 Å². The Morgan fingerprint density at radius 1 is 0.833 bits per heavy atom. The summed E-state index contributed by atoms with van der Waals surface area (Å²) in [7, 11) is 0. The summed E-state index contributed by atoms with van der Waals surface area (Å²) in [5.41, 5.74) is 5.67. The summed E-state index contributed by atoms with van der Waals surface area (Å²) in [4.78, 5) is 4.81. The summed E-state index contributed by atoms with van der Waals surface area (Å²) >= 11 is 0. The van der Waals surface area contributed by atoms with Crippen LogP contribution < -0.4 is 9.47 Å². The van der Waals surface area contributed by atoms with E-state index in [2.05, 4.69) is 67.8 Å². The van der Waals surface area contributed by atoms with Crippen LogP contribution >= 0.6 is 0 Å². The predicted molar refractivity (Wildman–Crippen MR) is 121 cm³/mol. The highest BCUT2D eigenvalue weighted by atomic mass is 16.5. The molecule has 0 N–H and O–H groups in total. The molecule has 0 aliphatic heterocycles. The molecule has 0 fully saturated rings. The van der Waals surface area contributed by atoms with Crippen LogP contribution in [-0.2, 0) is 13.2 Å². The first-order chi connectivity index (χ1) is 14.6. The first-order valence-corrected chi connectivity index (χ1v) is 10.4. The highest BCUT2D eigenvalue weighted by Crippen LogP contribution is 2.23. The van der Waals surface area contributed by atoms with E-state index in [9.17, 15) is 0 Å². The maximum atomic E-state index is 6.10. The molecule has 0 unspecified atom stereocenters. The second-order valence-electron chi connectivity index (χ2n) is 7.70. The number of aryl methyl sites for hydroxylation is 4. The van der Waals surface area contributed by atoms with E-state index >= 15 is 0 Å². The van der Waals surface area contributed by atoms with Crippen LogP contribution in [0.15, 0.2) is 66.7 Å². The maximum Gasteiger partial charge on any atom is 0.147 e. The minimum absolute atomic E-state index is 0.440. The Balaban J connectivity index is 1.46. The zero-order valence-electron chi connectivity index (χ0n) is 17.9. The molecule has 30 heavy (non-hydrogen) atoms. The third kappa shape index (κ3) is 4.48. The molecule has 4 aromatic rings. The highest BCUT2D eigenvalue weighted by molar-refractivity contribution is 5.75. The van der Waals surface area contributed by atoms with Gasteiger partial charge in [-0.2, -0.15) is 0 Å². The third-order valence-electron chi connectivity index (χ3n) is 5.27. The molecular weight excluding hydrogens is 372 g/mol. The fourth-order valence-electron chi connectivity index (χ4n) is 3.76. The van der Waals surface area contributed by atoms with Gasteiger partial charge in [-0.15, -0.1) is 0 Å². The van der Waals surface area contributed by atoms with Gasteiger partial charge < -0.3 is 14.0 Å². The van der Waals surface area contributed by atoms with E-state index in [4.69, 9.17) is 14.5 Å². The number of imidazole rings is 1. The molecule has 154 valence electrons. The Kier molecular flexibility index (Phi) is 6.03. The molecule has 0 aliphatic rings. The smallest absolute Gasteiger partial charge is 0.147 e. The van der Waals surface area contributed by atoms with Crippen molar-refractivity contribution in [1.82, 2.24) is 9.55 Å². The fourth-order valence-corrected chi connectivity index (χ4v) is 3.76. The van der Waals surface area contributed by atoms with Gasteiger partial charge in [0.1, 0.15) is 23.9 Å². The van der Waals surface area contributed by atoms with Gasteiger partial charge in [-0.1, -0.05) is 42.5 Å². The summed E-state index contributed by atoms with van der Waals surface area (Å²) in [5, 5.41) is 0. The van der Waals surface area contributed by atoms with Gasteiger partial charge in [-0.3, -0.25) is 0 Å². The summed E-state index contributed by atoms with van der Waals surface area (Å²) in [6.45, 7) is 8.18. The number of para-hydroxylation sites is 3. The largest absolute Gasteiger partial charge is 0.493 e. The van der Waals surface area contributed by atoms with Gasteiger partial charge in [0.2, 0.25) is 0 Å². The third-order valence-corrected chi connectivity index (χ3v) is 5.27. The van der Waals surface area contributed by atoms with Crippen molar-refractivity contribution >= 4 is 11.0 Å². The number of hydrogen-bond acceptors (Lipinski definition) is 3. The molecule has 1 aromatic heterocycles. The minimum atomic E-state index is 0.440. The molecule has 0 saturated carbocycles. The van der Waals surface area contributed by atoms with Crippen molar-refractivity contribution in [3.05, 3.63) is 89.2 Å². The van der Waals surface area contributed by atoms with Crippen LogP contribution in [0.5, 0.6) is 11.5 Å². The van der Waals surface area contributed by atoms with Crippen LogP contribution in [0.4, 0.5) is 0 Å². The quantitative estimate of drug-likeness (QED) is 0.340. The second-order valence-corrected chi connectivity index (χ2v) is 7.70. The van der Waals surface area contributed by atoms with E-state index in [-0.39, 0.29) is 0 Å². The van der Waals surface area contributed by atoms with Crippen molar-refractivity contribution in [3.63, 3.8) is 0 Å². The lowest BCUT2D eigenvalue weighted by molar-refractivity contribution is 0.279. The SMILES string of the molecule is Cc1cccc(OCc2nc3ccccc3n2CCCOc2c(C)cccc2C)c1. The molecular formula is C26H28N2O2. The van der Waals surface area contributed by atoms with Crippen LogP contribution in [0.3, 0.4) is 0 Å². The molecule has 3 aromatic carbocycles. The van der Waals surface area contributed by atoms with E-state index in [1.54, 1.807) is 0 Å². The minimum Gasteiger partial charge on any atom is -0.493 e. The number of rotatable bonds is 8. The molecule has 1 heterocycles. The molecule has 4 rings (SSSR count). The second kappa shape index (κ2) is 9.04. The van der Waals surface area contributed by atoms with Crippen molar-refractivity contribution < 1.29 is 9.47 Å². The van der Waals surface area contributed by atoms with Gasteiger partial charge in [0, 0.05) is 6.54 Å². The molecule has 0 bridgehead atoms. The summed E-state index contributed by atoms with van der Waals surface area (Å²) in [6.07, 6.45) is 0.894. The highest BCUT2D eigenvalue weighted by Gasteiger charge is 2.11. The number of nitrogens with zero attached hydrogens (tertiary/aromatic N) is 2. The van der Waals surface area contributed by atoms with Crippen LogP contribution in [0, 0.1) is 20.8 Å². The number of hydrogen-bond donors (Lipinski definition) is 0. The van der Waals surface area contributed by atoms with Crippen LogP contribution in [-0.4, -0.2) is 16.2 Å². The molecule has 0 aliphatic carbocycles. The molecule has 4 nitrogen and oxygen atoms in total. The Bertz CT molecular complexity index is 1130. The van der Waals surface area contributed by atoms with Crippen LogP contribution in [0.1, 0.15) is 28.9 Å². The van der Waals surface area contributed by atoms with E-state index in [0.717, 1.165) is 41.3 Å². The monoisotopic (exact) mass is 400 g/mol. The maximum absolute atomic E-state index is 6.10. The molecule has 0 atom stereocenters. The fraction of sp³-hybridized carbons (Fsp3) is 0.269. The van der Waals surface area contributed by atoms with Gasteiger partial charge in [0.05, 0.1) is 17.6 Å². The molecule has 0 saturated heterocycles. The van der Waals surface area contributed by atoms with Crippen molar-refractivity contribution in [2.75, 3.05) is 6.61 Å². The first-order valence-electron chi connectivity index (χ1n) is 10.4. The lowest BCUT2D eigenvalue weighted by Crippen LogP contribution is -2.10. The first kappa shape index (κ1) is 20.0. The Hall–Kier alpha value is -3.27. The van der Waals surface area contributed by atoms with E-state index in [1.807, 2.05) is 24.3 Å². The Morgan fingerprint density at radius 2 is 1.60 bits per heavy atom. The zero-order chi connectivity index (χ0) is 20.9. The van der Waals surface area contributed by atoms with Crippen molar-refractivity contribution in [1.29, 1.82) is 0 Å². The number of benzene rings is 3. The van der Waals surface area contributed by atoms with Gasteiger partial charge in [-0.25, -0.2) is 4.98 Å².